The van der Waals surface area contributed by atoms with Crippen LogP contribution in [0.25, 0.3) is 0 Å². The minimum atomic E-state index is -0.486. The summed E-state index contributed by atoms with van der Waals surface area (Å²) >= 11 is 0. The standard InChI is InChI=1S/C23H28F2N4O/c1-2-26-23(28-15-19-13-20(24)8-9-21(19)25)27-14-18-12-22(30)29(16-18)11-10-17-6-4-3-5-7-17/h3-9,13,18H,2,10-12,14-16H2,1H3,(H2,26,27,28). The zero-order valence-electron chi connectivity index (χ0n) is 17.2. The van der Waals surface area contributed by atoms with Crippen molar-refractivity contribution < 1.29 is 13.6 Å². The Labute approximate surface area is 176 Å². The highest BCUT2D eigenvalue weighted by Crippen LogP contribution is 2.18. The van der Waals surface area contributed by atoms with Crippen LogP contribution in [-0.2, 0) is 17.8 Å². The molecule has 1 fully saturated rings. The highest BCUT2D eigenvalue weighted by Gasteiger charge is 2.29. The van der Waals surface area contributed by atoms with Gasteiger partial charge in [0, 0.05) is 44.1 Å². The molecule has 0 bridgehead atoms. The Bertz CT molecular complexity index is 873. The highest BCUT2D eigenvalue weighted by molar-refractivity contribution is 5.81. The molecule has 5 nitrogen and oxygen atoms in total. The number of hydrogen-bond acceptors (Lipinski definition) is 2. The molecule has 2 N–H and O–H groups in total. The average Bonchev–Trinajstić information content (AvgIpc) is 3.11. The smallest absolute Gasteiger partial charge is 0.223 e. The lowest BCUT2D eigenvalue weighted by Gasteiger charge is -2.18. The number of nitrogens with one attached hydrogen (secondary N) is 2. The number of carbonyl (C=O) groups excluding carboxylic acids is 1. The van der Waals surface area contributed by atoms with E-state index >= 15 is 0 Å². The summed E-state index contributed by atoms with van der Waals surface area (Å²) in [5.41, 5.74) is 1.42. The third-order valence-corrected chi connectivity index (χ3v) is 5.13. The second-order valence-electron chi connectivity index (χ2n) is 7.46. The summed E-state index contributed by atoms with van der Waals surface area (Å²) in [6.45, 7) is 4.62. The van der Waals surface area contributed by atoms with Crippen molar-refractivity contribution in [3.05, 3.63) is 71.3 Å². The molecule has 0 spiro atoms. The van der Waals surface area contributed by atoms with Gasteiger partial charge in [0.05, 0.1) is 6.54 Å². The Morgan fingerprint density at radius 3 is 2.73 bits per heavy atom. The van der Waals surface area contributed by atoms with E-state index in [0.29, 0.717) is 38.6 Å². The molecule has 7 heteroatoms. The molecule has 1 aliphatic heterocycles. The van der Waals surface area contributed by atoms with Crippen LogP contribution < -0.4 is 10.6 Å². The topological polar surface area (TPSA) is 56.7 Å². The number of halogens is 2. The first-order valence-corrected chi connectivity index (χ1v) is 10.3. The molecule has 160 valence electrons. The fourth-order valence-corrected chi connectivity index (χ4v) is 3.53. The summed E-state index contributed by atoms with van der Waals surface area (Å²) in [6.07, 6.45) is 1.34. The first kappa shape index (κ1) is 21.7. The molecule has 3 rings (SSSR count). The van der Waals surface area contributed by atoms with E-state index < -0.39 is 11.6 Å². The number of guanidine groups is 1. The molecule has 0 aliphatic carbocycles. The molecule has 2 aromatic carbocycles. The van der Waals surface area contributed by atoms with Crippen molar-refractivity contribution in [3.8, 4) is 0 Å². The first-order valence-electron chi connectivity index (χ1n) is 10.3. The fourth-order valence-electron chi connectivity index (χ4n) is 3.53. The molecule has 30 heavy (non-hydrogen) atoms. The number of hydrogen-bond donors (Lipinski definition) is 2. The lowest BCUT2D eigenvalue weighted by molar-refractivity contribution is -0.127. The normalized spacial score (nSPS) is 16.8. The average molecular weight is 415 g/mol. The Kier molecular flexibility index (Phi) is 7.76. The molecule has 1 heterocycles. The first-order chi connectivity index (χ1) is 14.5. The van der Waals surface area contributed by atoms with Crippen molar-refractivity contribution in [1.29, 1.82) is 0 Å². The van der Waals surface area contributed by atoms with E-state index in [1.54, 1.807) is 0 Å². The summed E-state index contributed by atoms with van der Waals surface area (Å²) in [6, 6.07) is 13.5. The quantitative estimate of drug-likeness (QED) is 0.516. The molecule has 0 saturated carbocycles. The molecular formula is C23H28F2N4O. The highest BCUT2D eigenvalue weighted by atomic mass is 19.1. The Morgan fingerprint density at radius 2 is 1.97 bits per heavy atom. The molecule has 1 amide bonds. The van der Waals surface area contributed by atoms with Gasteiger partial charge >= 0.3 is 0 Å². The number of rotatable bonds is 8. The van der Waals surface area contributed by atoms with E-state index in [2.05, 4.69) is 27.8 Å². The van der Waals surface area contributed by atoms with Crippen LogP contribution in [0.3, 0.4) is 0 Å². The second kappa shape index (κ2) is 10.7. The van der Waals surface area contributed by atoms with Gasteiger partial charge in [-0.25, -0.2) is 13.8 Å². The van der Waals surface area contributed by atoms with E-state index in [-0.39, 0.29) is 23.9 Å². The van der Waals surface area contributed by atoms with Crippen LogP contribution in [0.4, 0.5) is 8.78 Å². The number of likely N-dealkylation sites (tertiary alicyclic amines) is 1. The maximum absolute atomic E-state index is 13.8. The molecule has 1 aliphatic rings. The van der Waals surface area contributed by atoms with Gasteiger partial charge in [-0.05, 0) is 37.1 Å². The van der Waals surface area contributed by atoms with Gasteiger partial charge < -0.3 is 15.5 Å². The van der Waals surface area contributed by atoms with Gasteiger partial charge in [-0.3, -0.25) is 4.79 Å². The fraction of sp³-hybridized carbons (Fsp3) is 0.391. The molecule has 0 aromatic heterocycles. The van der Waals surface area contributed by atoms with Crippen LogP contribution in [-0.4, -0.2) is 42.9 Å². The zero-order valence-corrected chi connectivity index (χ0v) is 17.2. The van der Waals surface area contributed by atoms with Gasteiger partial charge in [0.2, 0.25) is 5.91 Å². The zero-order chi connectivity index (χ0) is 21.3. The van der Waals surface area contributed by atoms with Crippen molar-refractivity contribution in [2.24, 2.45) is 10.9 Å². The lowest BCUT2D eigenvalue weighted by atomic mass is 10.1. The predicted octanol–water partition coefficient (Wildman–Crippen LogP) is 3.11. The van der Waals surface area contributed by atoms with Crippen molar-refractivity contribution in [1.82, 2.24) is 15.5 Å². The second-order valence-corrected chi connectivity index (χ2v) is 7.46. The minimum absolute atomic E-state index is 0.0335. The Hall–Kier alpha value is -2.96. The number of nitrogens with zero attached hydrogens (tertiary/aromatic N) is 2. The summed E-state index contributed by atoms with van der Waals surface area (Å²) in [5.74, 6) is -0.0908. The van der Waals surface area contributed by atoms with Gasteiger partial charge in [-0.15, -0.1) is 0 Å². The van der Waals surface area contributed by atoms with E-state index in [1.165, 1.54) is 5.56 Å². The largest absolute Gasteiger partial charge is 0.357 e. The van der Waals surface area contributed by atoms with Crippen LogP contribution in [0.15, 0.2) is 53.5 Å². The van der Waals surface area contributed by atoms with Crippen LogP contribution in [0, 0.1) is 17.6 Å². The predicted molar refractivity (Wildman–Crippen MR) is 114 cm³/mol. The summed E-state index contributed by atoms with van der Waals surface area (Å²) in [4.78, 5) is 18.6. The molecule has 2 aromatic rings. The van der Waals surface area contributed by atoms with E-state index in [0.717, 1.165) is 24.6 Å². The Morgan fingerprint density at radius 1 is 1.17 bits per heavy atom. The minimum Gasteiger partial charge on any atom is -0.357 e. The summed E-state index contributed by atoms with van der Waals surface area (Å²) in [5, 5.41) is 6.33. The lowest BCUT2D eigenvalue weighted by Crippen LogP contribution is -2.40. The molecule has 0 radical (unpaired) electrons. The number of aliphatic imine (C=N–C) groups is 1. The molecular weight excluding hydrogens is 386 g/mol. The van der Waals surface area contributed by atoms with E-state index in [9.17, 15) is 13.6 Å². The van der Waals surface area contributed by atoms with Gasteiger partial charge in [-0.2, -0.15) is 0 Å². The maximum atomic E-state index is 13.8. The monoisotopic (exact) mass is 414 g/mol. The number of carbonyl (C=O) groups is 1. The number of benzene rings is 2. The van der Waals surface area contributed by atoms with E-state index in [1.807, 2.05) is 30.0 Å². The van der Waals surface area contributed by atoms with Gasteiger partial charge in [0.1, 0.15) is 11.6 Å². The Balaban J connectivity index is 1.50. The third kappa shape index (κ3) is 6.27. The van der Waals surface area contributed by atoms with Crippen molar-refractivity contribution >= 4 is 11.9 Å². The van der Waals surface area contributed by atoms with Crippen LogP contribution in [0.1, 0.15) is 24.5 Å². The summed E-state index contributed by atoms with van der Waals surface area (Å²) < 4.78 is 27.1. The van der Waals surface area contributed by atoms with Crippen molar-refractivity contribution in [2.45, 2.75) is 26.3 Å². The molecule has 1 saturated heterocycles. The van der Waals surface area contributed by atoms with Crippen LogP contribution >= 0.6 is 0 Å². The number of amides is 1. The van der Waals surface area contributed by atoms with Crippen molar-refractivity contribution in [3.63, 3.8) is 0 Å². The SMILES string of the molecule is CCNC(=NCc1cc(F)ccc1F)NCC1CC(=O)N(CCc2ccccc2)C1. The summed E-state index contributed by atoms with van der Waals surface area (Å²) in [7, 11) is 0. The van der Waals surface area contributed by atoms with E-state index in [4.69, 9.17) is 0 Å². The van der Waals surface area contributed by atoms with Gasteiger partial charge in [-0.1, -0.05) is 30.3 Å². The van der Waals surface area contributed by atoms with Crippen LogP contribution in [0.5, 0.6) is 0 Å². The van der Waals surface area contributed by atoms with Gasteiger partial charge in [0.25, 0.3) is 0 Å². The maximum Gasteiger partial charge on any atom is 0.223 e. The molecule has 1 atom stereocenters. The molecule has 1 unspecified atom stereocenters. The van der Waals surface area contributed by atoms with Crippen molar-refractivity contribution in [2.75, 3.05) is 26.2 Å². The van der Waals surface area contributed by atoms with Crippen LogP contribution in [0.2, 0.25) is 0 Å². The van der Waals surface area contributed by atoms with Gasteiger partial charge in [0.15, 0.2) is 5.96 Å². The third-order valence-electron chi connectivity index (χ3n) is 5.13.